The van der Waals surface area contributed by atoms with E-state index in [0.29, 0.717) is 12.2 Å². The number of nitrogens with two attached hydrogens (primary N) is 1. The van der Waals surface area contributed by atoms with E-state index in [1.165, 1.54) is 7.11 Å². The summed E-state index contributed by atoms with van der Waals surface area (Å²) in [6, 6.07) is 7.11. The molecule has 2 rings (SSSR count). The van der Waals surface area contributed by atoms with Crippen LogP contribution in [0.4, 0.5) is 5.69 Å². The van der Waals surface area contributed by atoms with Crippen molar-refractivity contribution in [3.05, 3.63) is 29.8 Å². The Balaban J connectivity index is 2.24. The quantitative estimate of drug-likeness (QED) is 0.625. The number of benzene rings is 1. The van der Waals surface area contributed by atoms with Crippen LogP contribution in [0.1, 0.15) is 16.8 Å². The molecular weight excluding hydrogens is 220 g/mol. The number of carbonyl (C=O) groups excluding carboxylic acids is 1. The van der Waals surface area contributed by atoms with Gasteiger partial charge in [-0.1, -0.05) is 6.07 Å². The van der Waals surface area contributed by atoms with Gasteiger partial charge in [-0.15, -0.1) is 0 Å². The number of hydrogen-bond donors (Lipinski definition) is 1. The molecule has 1 atom stereocenters. The maximum Gasteiger partial charge on any atom is 0.337 e. The minimum Gasteiger partial charge on any atom is -0.465 e. The SMILES string of the molecule is COC(=O)c1cccc(N(C)[C@@]2(N)CCO2)c1. The average molecular weight is 236 g/mol. The third-order valence-corrected chi connectivity index (χ3v) is 3.03. The van der Waals surface area contributed by atoms with Crippen molar-refractivity contribution < 1.29 is 14.3 Å². The molecule has 0 radical (unpaired) electrons. The Bertz CT molecular complexity index is 430. The fourth-order valence-electron chi connectivity index (χ4n) is 1.75. The van der Waals surface area contributed by atoms with E-state index in [1.54, 1.807) is 18.2 Å². The van der Waals surface area contributed by atoms with Crippen molar-refractivity contribution in [3.63, 3.8) is 0 Å². The Hall–Kier alpha value is -1.59. The lowest BCUT2D eigenvalue weighted by atomic mass is 10.1. The lowest BCUT2D eigenvalue weighted by molar-refractivity contribution is -0.140. The number of esters is 1. The lowest BCUT2D eigenvalue weighted by Crippen LogP contribution is -2.63. The molecule has 1 heterocycles. The van der Waals surface area contributed by atoms with Crippen LogP contribution in [0, 0.1) is 0 Å². The smallest absolute Gasteiger partial charge is 0.337 e. The number of rotatable bonds is 3. The van der Waals surface area contributed by atoms with E-state index >= 15 is 0 Å². The third kappa shape index (κ3) is 2.11. The topological polar surface area (TPSA) is 64.8 Å². The Kier molecular flexibility index (Phi) is 3.04. The molecule has 0 spiro atoms. The summed E-state index contributed by atoms with van der Waals surface area (Å²) in [6.45, 7) is 0.664. The van der Waals surface area contributed by atoms with Gasteiger partial charge in [0, 0.05) is 19.2 Å². The van der Waals surface area contributed by atoms with Crippen LogP contribution in [0.25, 0.3) is 0 Å². The highest BCUT2D eigenvalue weighted by Crippen LogP contribution is 2.29. The van der Waals surface area contributed by atoms with E-state index in [0.717, 1.165) is 12.1 Å². The van der Waals surface area contributed by atoms with Gasteiger partial charge in [-0.05, 0) is 18.2 Å². The van der Waals surface area contributed by atoms with Gasteiger partial charge in [0.1, 0.15) is 0 Å². The predicted octanol–water partition coefficient (Wildman–Crippen LogP) is 0.942. The maximum absolute atomic E-state index is 11.4. The number of hydrogen-bond acceptors (Lipinski definition) is 5. The molecule has 1 aliphatic rings. The summed E-state index contributed by atoms with van der Waals surface area (Å²) in [5, 5.41) is 0. The van der Waals surface area contributed by atoms with Crippen molar-refractivity contribution in [3.8, 4) is 0 Å². The largest absolute Gasteiger partial charge is 0.465 e. The molecule has 1 saturated heterocycles. The maximum atomic E-state index is 11.4. The summed E-state index contributed by atoms with van der Waals surface area (Å²) in [5.74, 6) is -1.12. The molecule has 2 N–H and O–H groups in total. The Morgan fingerprint density at radius 3 is 2.82 bits per heavy atom. The van der Waals surface area contributed by atoms with Crippen LogP contribution in [0.5, 0.6) is 0 Å². The zero-order valence-corrected chi connectivity index (χ0v) is 9.97. The first-order valence-corrected chi connectivity index (χ1v) is 5.42. The Morgan fingerprint density at radius 1 is 1.59 bits per heavy atom. The van der Waals surface area contributed by atoms with Crippen LogP contribution in [-0.4, -0.2) is 32.6 Å². The van der Waals surface area contributed by atoms with Gasteiger partial charge in [0.25, 0.3) is 0 Å². The molecule has 0 aromatic heterocycles. The van der Waals surface area contributed by atoms with Crippen LogP contribution < -0.4 is 10.6 Å². The van der Waals surface area contributed by atoms with Crippen LogP contribution >= 0.6 is 0 Å². The van der Waals surface area contributed by atoms with E-state index in [-0.39, 0.29) is 5.97 Å². The van der Waals surface area contributed by atoms with Crippen LogP contribution in [0.3, 0.4) is 0 Å². The van der Waals surface area contributed by atoms with Crippen LogP contribution in [-0.2, 0) is 9.47 Å². The van der Waals surface area contributed by atoms with E-state index in [4.69, 9.17) is 10.5 Å². The van der Waals surface area contributed by atoms with Gasteiger partial charge in [-0.2, -0.15) is 0 Å². The second-order valence-corrected chi connectivity index (χ2v) is 4.04. The second kappa shape index (κ2) is 4.35. The minimum atomic E-state index is -0.755. The zero-order valence-electron chi connectivity index (χ0n) is 9.97. The molecule has 1 fully saturated rings. The number of anilines is 1. The van der Waals surface area contributed by atoms with Gasteiger partial charge in [-0.25, -0.2) is 4.79 Å². The molecule has 1 aromatic carbocycles. The molecule has 1 aliphatic heterocycles. The van der Waals surface area contributed by atoms with E-state index in [2.05, 4.69) is 4.74 Å². The molecule has 0 bridgehead atoms. The first-order chi connectivity index (χ1) is 8.07. The molecule has 0 unspecified atom stereocenters. The van der Waals surface area contributed by atoms with Gasteiger partial charge < -0.3 is 14.4 Å². The fraction of sp³-hybridized carbons (Fsp3) is 0.417. The second-order valence-electron chi connectivity index (χ2n) is 4.04. The molecule has 0 aliphatic carbocycles. The van der Waals surface area contributed by atoms with E-state index in [9.17, 15) is 4.79 Å². The van der Waals surface area contributed by atoms with E-state index < -0.39 is 5.85 Å². The number of ether oxygens (including phenoxy) is 2. The number of nitrogens with zero attached hydrogens (tertiary/aromatic N) is 1. The Morgan fingerprint density at radius 2 is 2.29 bits per heavy atom. The van der Waals surface area contributed by atoms with Crippen molar-refractivity contribution in [2.24, 2.45) is 5.73 Å². The highest BCUT2D eigenvalue weighted by Gasteiger charge is 2.38. The molecule has 92 valence electrons. The summed E-state index contributed by atoms with van der Waals surface area (Å²) in [4.78, 5) is 13.2. The monoisotopic (exact) mass is 236 g/mol. The third-order valence-electron chi connectivity index (χ3n) is 3.03. The summed E-state index contributed by atoms with van der Waals surface area (Å²) in [6.07, 6.45) is 0.770. The van der Waals surface area contributed by atoms with Crippen LogP contribution in [0.2, 0.25) is 0 Å². The summed E-state index contributed by atoms with van der Waals surface area (Å²) < 4.78 is 10.0. The molecule has 1 aromatic rings. The summed E-state index contributed by atoms with van der Waals surface area (Å²) >= 11 is 0. The van der Waals surface area contributed by atoms with Crippen molar-refractivity contribution in [2.45, 2.75) is 12.3 Å². The molecular formula is C12H16N2O3. The van der Waals surface area contributed by atoms with Crippen LogP contribution in [0.15, 0.2) is 24.3 Å². The van der Waals surface area contributed by atoms with Gasteiger partial charge in [0.2, 0.25) is 0 Å². The Labute approximate surface area is 100 Å². The summed E-state index contributed by atoms with van der Waals surface area (Å²) in [7, 11) is 3.20. The number of methoxy groups -OCH3 is 1. The molecule has 0 saturated carbocycles. The minimum absolute atomic E-state index is 0.360. The zero-order chi connectivity index (χ0) is 12.5. The highest BCUT2D eigenvalue weighted by molar-refractivity contribution is 5.90. The predicted molar refractivity (Wildman–Crippen MR) is 63.7 cm³/mol. The van der Waals surface area contributed by atoms with Crippen molar-refractivity contribution >= 4 is 11.7 Å². The lowest BCUT2D eigenvalue weighted by Gasteiger charge is -2.46. The first-order valence-electron chi connectivity index (χ1n) is 5.42. The van der Waals surface area contributed by atoms with Crippen molar-refractivity contribution in [1.82, 2.24) is 0 Å². The normalized spacial score (nSPS) is 22.8. The van der Waals surface area contributed by atoms with E-state index in [1.807, 2.05) is 18.0 Å². The van der Waals surface area contributed by atoms with Gasteiger partial charge >= 0.3 is 5.97 Å². The number of carbonyl (C=O) groups is 1. The fourth-order valence-corrected chi connectivity index (χ4v) is 1.75. The van der Waals surface area contributed by atoms with Gasteiger partial charge in [-0.3, -0.25) is 5.73 Å². The first kappa shape index (κ1) is 11.9. The molecule has 5 heteroatoms. The average Bonchev–Trinajstić information content (AvgIpc) is 2.34. The van der Waals surface area contributed by atoms with Gasteiger partial charge in [0.05, 0.1) is 19.3 Å². The van der Waals surface area contributed by atoms with Crippen molar-refractivity contribution in [2.75, 3.05) is 25.7 Å². The van der Waals surface area contributed by atoms with Crippen molar-refractivity contribution in [1.29, 1.82) is 0 Å². The molecule has 0 amide bonds. The summed E-state index contributed by atoms with van der Waals surface area (Å²) in [5.41, 5.74) is 7.35. The standard InChI is InChI=1S/C12H16N2O3/c1-14(12(13)6-7-17-12)10-5-3-4-9(8-10)11(15)16-2/h3-5,8H,6-7,13H2,1-2H3/t12-/m0/s1. The van der Waals surface area contributed by atoms with Gasteiger partial charge in [0.15, 0.2) is 5.85 Å². The molecule has 5 nitrogen and oxygen atoms in total. The molecule has 17 heavy (non-hydrogen) atoms. The highest BCUT2D eigenvalue weighted by atomic mass is 16.6.